The average molecular weight is 309 g/mol. The molecule has 1 saturated heterocycles. The number of carbonyl (C=O) groups is 2. The number of rotatable bonds is 0. The van der Waals surface area contributed by atoms with Gasteiger partial charge in [-0.25, -0.2) is 0 Å². The van der Waals surface area contributed by atoms with Crippen molar-refractivity contribution >= 4 is 11.8 Å². The maximum Gasteiger partial charge on any atom is 0.234 e. The normalized spacial score (nSPS) is 31.6. The number of nitrogens with zero attached hydrogens (tertiary/aromatic N) is 1. The summed E-state index contributed by atoms with van der Waals surface area (Å²) in [6.07, 6.45) is 4.31. The largest absolute Gasteiger partial charge is 0.277 e. The number of carbonyl (C=O) groups excluding carboxylic acids is 2. The monoisotopic (exact) mass is 309 g/mol. The molecule has 1 fully saturated rings. The Balaban J connectivity index is 1.88. The first-order valence-corrected chi connectivity index (χ1v) is 8.39. The van der Waals surface area contributed by atoms with Crippen LogP contribution in [0.15, 0.2) is 24.3 Å². The highest BCUT2D eigenvalue weighted by Gasteiger charge is 2.60. The summed E-state index contributed by atoms with van der Waals surface area (Å²) < 4.78 is 0. The van der Waals surface area contributed by atoms with Crippen molar-refractivity contribution in [1.29, 1.82) is 0 Å². The van der Waals surface area contributed by atoms with Gasteiger partial charge in [-0.3, -0.25) is 14.5 Å². The van der Waals surface area contributed by atoms with E-state index >= 15 is 0 Å². The van der Waals surface area contributed by atoms with Crippen LogP contribution in [0.3, 0.4) is 0 Å². The van der Waals surface area contributed by atoms with Crippen molar-refractivity contribution in [3.8, 4) is 0 Å². The van der Waals surface area contributed by atoms with Crippen molar-refractivity contribution in [3.05, 3.63) is 46.5 Å². The Bertz CT molecular complexity index is 712. The summed E-state index contributed by atoms with van der Waals surface area (Å²) in [4.78, 5) is 27.6. The molecular weight excluding hydrogens is 286 g/mol. The maximum atomic E-state index is 13.0. The van der Waals surface area contributed by atoms with E-state index in [1.54, 1.807) is 0 Å². The van der Waals surface area contributed by atoms with Gasteiger partial charge < -0.3 is 0 Å². The number of hydrogen-bond donors (Lipinski definition) is 0. The van der Waals surface area contributed by atoms with Crippen LogP contribution in [0.25, 0.3) is 0 Å². The van der Waals surface area contributed by atoms with Crippen molar-refractivity contribution in [3.63, 3.8) is 0 Å². The molecule has 4 unspecified atom stereocenters. The molecule has 23 heavy (non-hydrogen) atoms. The molecule has 4 atom stereocenters. The number of amides is 2. The van der Waals surface area contributed by atoms with Crippen molar-refractivity contribution in [2.24, 2.45) is 11.8 Å². The van der Waals surface area contributed by atoms with E-state index in [-0.39, 0.29) is 35.5 Å². The van der Waals surface area contributed by atoms with Crippen LogP contribution in [0.1, 0.15) is 54.9 Å². The Morgan fingerprint density at radius 3 is 1.57 bits per heavy atom. The second-order valence-corrected chi connectivity index (χ2v) is 8.24. The van der Waals surface area contributed by atoms with Crippen molar-refractivity contribution in [2.75, 3.05) is 0 Å². The van der Waals surface area contributed by atoms with Crippen LogP contribution in [0.2, 0.25) is 0 Å². The van der Waals surface area contributed by atoms with Gasteiger partial charge in [-0.2, -0.15) is 0 Å². The van der Waals surface area contributed by atoms with Crippen LogP contribution in [-0.4, -0.2) is 22.3 Å². The molecule has 0 N–H and O–H groups in total. The van der Waals surface area contributed by atoms with Gasteiger partial charge in [-0.05, 0) is 56.9 Å². The minimum absolute atomic E-state index is 0.00993. The number of hydrogen-bond acceptors (Lipinski definition) is 2. The number of benzene rings is 1. The van der Waals surface area contributed by atoms with E-state index in [2.05, 4.69) is 38.1 Å². The lowest BCUT2D eigenvalue weighted by Crippen LogP contribution is -2.46. The van der Waals surface area contributed by atoms with Crippen molar-refractivity contribution < 1.29 is 9.59 Å². The summed E-state index contributed by atoms with van der Waals surface area (Å²) in [5.74, 6) is -0.324. The third-order valence-corrected chi connectivity index (χ3v) is 5.79. The fourth-order valence-electron chi connectivity index (χ4n) is 4.64. The number of allylic oxidation sites excluding steroid dienone is 2. The molecule has 5 rings (SSSR count). The molecule has 1 heterocycles. The Labute approximate surface area is 137 Å². The van der Waals surface area contributed by atoms with E-state index in [9.17, 15) is 9.59 Å². The van der Waals surface area contributed by atoms with Crippen molar-refractivity contribution in [1.82, 2.24) is 4.90 Å². The molecule has 0 aromatic heterocycles. The van der Waals surface area contributed by atoms with E-state index in [1.165, 1.54) is 27.2 Å². The first kappa shape index (κ1) is 14.7. The Morgan fingerprint density at radius 1 is 0.826 bits per heavy atom. The van der Waals surface area contributed by atoms with Gasteiger partial charge in [0.1, 0.15) is 0 Å². The lowest BCUT2D eigenvalue weighted by atomic mass is 9.60. The molecule has 0 saturated carbocycles. The number of imide groups is 1. The molecule has 120 valence electrons. The third-order valence-electron chi connectivity index (χ3n) is 5.79. The van der Waals surface area contributed by atoms with Gasteiger partial charge in [-0.1, -0.05) is 24.3 Å². The SMILES string of the molecule is Cc1cc2c(cc1C)C1C=CC2C2C(=O)N(C(C)(C)C)C(=O)C12. The number of aryl methyl sites for hydroxylation is 2. The zero-order valence-electron chi connectivity index (χ0n) is 14.4. The van der Waals surface area contributed by atoms with Gasteiger partial charge in [0.25, 0.3) is 0 Å². The number of likely N-dealkylation sites (tertiary alicyclic amines) is 1. The molecule has 3 heteroatoms. The van der Waals surface area contributed by atoms with Crippen LogP contribution in [0.4, 0.5) is 0 Å². The van der Waals surface area contributed by atoms with Crippen LogP contribution < -0.4 is 0 Å². The van der Waals surface area contributed by atoms with E-state index < -0.39 is 5.54 Å². The van der Waals surface area contributed by atoms with E-state index in [4.69, 9.17) is 0 Å². The van der Waals surface area contributed by atoms with Gasteiger partial charge in [0.15, 0.2) is 0 Å². The van der Waals surface area contributed by atoms with Gasteiger partial charge in [0.2, 0.25) is 11.8 Å². The summed E-state index contributed by atoms with van der Waals surface area (Å²) in [5.41, 5.74) is 4.55. The summed E-state index contributed by atoms with van der Waals surface area (Å²) in [7, 11) is 0. The summed E-state index contributed by atoms with van der Waals surface area (Å²) in [6.45, 7) is 10.1. The Hall–Kier alpha value is -1.90. The molecule has 4 aliphatic rings. The summed E-state index contributed by atoms with van der Waals surface area (Å²) >= 11 is 0. The van der Waals surface area contributed by atoms with E-state index in [0.717, 1.165) is 0 Å². The van der Waals surface area contributed by atoms with E-state index in [1.807, 2.05) is 20.8 Å². The molecule has 1 aliphatic heterocycles. The fourth-order valence-corrected chi connectivity index (χ4v) is 4.64. The lowest BCUT2D eigenvalue weighted by molar-refractivity contribution is -0.145. The van der Waals surface area contributed by atoms with Crippen LogP contribution in [0.5, 0.6) is 0 Å². The molecule has 2 bridgehead atoms. The summed E-state index contributed by atoms with van der Waals surface area (Å²) in [6, 6.07) is 4.44. The third kappa shape index (κ3) is 1.76. The highest BCUT2D eigenvalue weighted by atomic mass is 16.2. The molecule has 0 radical (unpaired) electrons. The van der Waals surface area contributed by atoms with Crippen molar-refractivity contribution in [2.45, 2.75) is 52.0 Å². The summed E-state index contributed by atoms with van der Waals surface area (Å²) in [5, 5.41) is 0. The molecule has 1 aromatic rings. The van der Waals surface area contributed by atoms with Crippen LogP contribution >= 0.6 is 0 Å². The fraction of sp³-hybridized carbons (Fsp3) is 0.500. The van der Waals surface area contributed by atoms with Gasteiger partial charge in [0.05, 0.1) is 11.8 Å². The first-order valence-electron chi connectivity index (χ1n) is 8.39. The van der Waals surface area contributed by atoms with E-state index in [0.29, 0.717) is 0 Å². The Morgan fingerprint density at radius 2 is 1.22 bits per heavy atom. The zero-order chi connectivity index (χ0) is 16.7. The molecule has 1 aromatic carbocycles. The molecule has 2 amide bonds. The standard InChI is InChI=1S/C20H23NO2/c1-10-8-14-12-6-7-13(15(14)9-11(10)2)17-16(12)18(22)21(19(17)23)20(3,4)5/h6-9,12-13,16-17H,1-5H3. The molecule has 0 spiro atoms. The molecule has 3 nitrogen and oxygen atoms in total. The second kappa shape index (κ2) is 4.34. The predicted molar refractivity (Wildman–Crippen MR) is 89.1 cm³/mol. The van der Waals surface area contributed by atoms with Crippen LogP contribution in [-0.2, 0) is 9.59 Å². The lowest BCUT2D eigenvalue weighted by Gasteiger charge is -2.40. The molecular formula is C20H23NO2. The molecule has 3 aliphatic carbocycles. The van der Waals surface area contributed by atoms with Gasteiger partial charge >= 0.3 is 0 Å². The highest BCUT2D eigenvalue weighted by molar-refractivity contribution is 6.07. The minimum atomic E-state index is -0.455. The smallest absolute Gasteiger partial charge is 0.234 e. The first-order chi connectivity index (χ1) is 10.7. The Kier molecular flexibility index (Phi) is 2.77. The minimum Gasteiger partial charge on any atom is -0.277 e. The van der Waals surface area contributed by atoms with Gasteiger partial charge in [-0.15, -0.1) is 0 Å². The zero-order valence-corrected chi connectivity index (χ0v) is 14.4. The van der Waals surface area contributed by atoms with Gasteiger partial charge in [0, 0.05) is 17.4 Å². The second-order valence-electron chi connectivity index (χ2n) is 8.24. The topological polar surface area (TPSA) is 37.4 Å². The highest BCUT2D eigenvalue weighted by Crippen LogP contribution is 2.56. The predicted octanol–water partition coefficient (Wildman–Crippen LogP) is 3.45. The van der Waals surface area contributed by atoms with Crippen LogP contribution in [0, 0.1) is 25.7 Å². The maximum absolute atomic E-state index is 13.0. The average Bonchev–Trinajstić information content (AvgIpc) is 2.74. The quantitative estimate of drug-likeness (QED) is 0.544.